The lowest BCUT2D eigenvalue weighted by Crippen LogP contribution is -2.44. The van der Waals surface area contributed by atoms with E-state index in [9.17, 15) is 13.2 Å². The van der Waals surface area contributed by atoms with E-state index in [0.717, 1.165) is 62.8 Å². The maximum Gasteiger partial charge on any atom is 0.416 e. The normalized spacial score (nSPS) is 17.3. The van der Waals surface area contributed by atoms with Crippen molar-refractivity contribution in [3.05, 3.63) is 41.1 Å². The molecule has 8 heteroatoms. The van der Waals surface area contributed by atoms with Gasteiger partial charge in [-0.15, -0.1) is 0 Å². The molecule has 2 aromatic rings. The number of alkyl halides is 3. The van der Waals surface area contributed by atoms with Crippen molar-refractivity contribution in [2.24, 2.45) is 0 Å². The third-order valence-corrected chi connectivity index (χ3v) is 5.50. The third kappa shape index (κ3) is 5.62. The Kier molecular flexibility index (Phi) is 7.18. The van der Waals surface area contributed by atoms with Gasteiger partial charge in [-0.2, -0.15) is 18.2 Å². The molecule has 1 aromatic carbocycles. The van der Waals surface area contributed by atoms with Gasteiger partial charge in [0.2, 0.25) is 5.95 Å². The average molecular weight is 422 g/mol. The molecule has 0 unspecified atom stereocenters. The fourth-order valence-electron chi connectivity index (χ4n) is 3.74. The Balaban J connectivity index is 1.90. The zero-order valence-electron chi connectivity index (χ0n) is 17.8. The van der Waals surface area contributed by atoms with Gasteiger partial charge in [0.1, 0.15) is 5.82 Å². The van der Waals surface area contributed by atoms with Crippen LogP contribution in [0.3, 0.4) is 0 Å². The molecule has 1 saturated heterocycles. The van der Waals surface area contributed by atoms with E-state index in [1.807, 2.05) is 13.1 Å². The summed E-state index contributed by atoms with van der Waals surface area (Å²) in [5, 5.41) is 6.33. The lowest BCUT2D eigenvalue weighted by molar-refractivity contribution is -0.138. The fourth-order valence-corrected chi connectivity index (χ4v) is 3.74. The van der Waals surface area contributed by atoms with Crippen LogP contribution < -0.4 is 15.5 Å². The van der Waals surface area contributed by atoms with Gasteiger partial charge < -0.3 is 15.5 Å². The molecular formula is C22H30F3N5. The number of rotatable bonds is 7. The zero-order chi connectivity index (χ0) is 21.7. The predicted molar refractivity (Wildman–Crippen MR) is 114 cm³/mol. The van der Waals surface area contributed by atoms with Crippen LogP contribution in [0.25, 0.3) is 0 Å². The number of likely N-dealkylation sites (N-methyl/N-ethyl adjacent to an activating group) is 1. The molecule has 0 radical (unpaired) electrons. The highest BCUT2D eigenvalue weighted by atomic mass is 19.4. The first-order chi connectivity index (χ1) is 14.3. The Morgan fingerprint density at radius 3 is 2.70 bits per heavy atom. The van der Waals surface area contributed by atoms with Crippen LogP contribution in [-0.4, -0.2) is 36.1 Å². The molecular weight excluding hydrogens is 391 g/mol. The Bertz CT molecular complexity index is 853. The maximum absolute atomic E-state index is 13.3. The lowest BCUT2D eigenvalue weighted by atomic mass is 10.1. The van der Waals surface area contributed by atoms with E-state index in [-0.39, 0.29) is 5.56 Å². The second-order valence-electron chi connectivity index (χ2n) is 7.87. The van der Waals surface area contributed by atoms with Crippen LogP contribution in [0.1, 0.15) is 49.4 Å². The predicted octanol–water partition coefficient (Wildman–Crippen LogP) is 5.08. The van der Waals surface area contributed by atoms with Crippen LogP contribution in [0, 0.1) is 6.92 Å². The highest BCUT2D eigenvalue weighted by Crippen LogP contribution is 2.34. The van der Waals surface area contributed by atoms with Crippen molar-refractivity contribution in [2.75, 3.05) is 30.4 Å². The number of aromatic nitrogens is 2. The maximum atomic E-state index is 13.3. The summed E-state index contributed by atoms with van der Waals surface area (Å²) in [6.45, 7) is 5.34. The first-order valence-electron chi connectivity index (χ1n) is 10.5. The number of anilines is 3. The molecule has 164 valence electrons. The molecule has 2 heterocycles. The van der Waals surface area contributed by atoms with Crippen LogP contribution in [0.15, 0.2) is 24.3 Å². The van der Waals surface area contributed by atoms with Gasteiger partial charge in [-0.1, -0.05) is 19.4 Å². The minimum absolute atomic E-state index is 0.192. The van der Waals surface area contributed by atoms with Crippen molar-refractivity contribution in [3.8, 4) is 0 Å². The first-order valence-corrected chi connectivity index (χ1v) is 10.5. The number of piperidine rings is 1. The number of unbranched alkanes of at least 4 members (excludes halogenated alkanes) is 1. The van der Waals surface area contributed by atoms with E-state index in [0.29, 0.717) is 17.7 Å². The average Bonchev–Trinajstić information content (AvgIpc) is 2.72. The molecule has 1 aliphatic rings. The number of halogens is 3. The van der Waals surface area contributed by atoms with Crippen LogP contribution in [0.2, 0.25) is 0 Å². The van der Waals surface area contributed by atoms with Crippen molar-refractivity contribution < 1.29 is 13.2 Å². The van der Waals surface area contributed by atoms with Gasteiger partial charge in [0.05, 0.1) is 5.56 Å². The van der Waals surface area contributed by atoms with Crippen molar-refractivity contribution in [1.29, 1.82) is 0 Å². The van der Waals surface area contributed by atoms with Gasteiger partial charge in [0.25, 0.3) is 0 Å². The number of hydrogen-bond donors (Lipinski definition) is 2. The summed E-state index contributed by atoms with van der Waals surface area (Å²) in [5.74, 6) is 1.16. The van der Waals surface area contributed by atoms with E-state index in [2.05, 4.69) is 32.4 Å². The summed E-state index contributed by atoms with van der Waals surface area (Å²) >= 11 is 0. The number of benzene rings is 1. The second kappa shape index (κ2) is 9.64. The number of aryl methyl sites for hydroxylation is 2. The second-order valence-corrected chi connectivity index (χ2v) is 7.87. The fraction of sp³-hybridized carbons (Fsp3) is 0.545. The smallest absolute Gasteiger partial charge is 0.355 e. The highest BCUT2D eigenvalue weighted by molar-refractivity contribution is 5.58. The lowest BCUT2D eigenvalue weighted by Gasteiger charge is -2.33. The van der Waals surface area contributed by atoms with Gasteiger partial charge >= 0.3 is 6.18 Å². The van der Waals surface area contributed by atoms with E-state index in [1.165, 1.54) is 13.0 Å². The minimum atomic E-state index is -4.40. The summed E-state index contributed by atoms with van der Waals surface area (Å²) < 4.78 is 39.8. The Morgan fingerprint density at radius 2 is 2.00 bits per heavy atom. The molecule has 2 N–H and O–H groups in total. The summed E-state index contributed by atoms with van der Waals surface area (Å²) in [7, 11) is 1.96. The highest BCUT2D eigenvalue weighted by Gasteiger charge is 2.32. The van der Waals surface area contributed by atoms with E-state index < -0.39 is 11.7 Å². The summed E-state index contributed by atoms with van der Waals surface area (Å²) in [5.41, 5.74) is 0.776. The summed E-state index contributed by atoms with van der Waals surface area (Å²) in [6, 6.07) is 6.62. The Labute approximate surface area is 176 Å². The van der Waals surface area contributed by atoms with Gasteiger partial charge in [-0.25, -0.2) is 4.98 Å². The quantitative estimate of drug-likeness (QED) is 0.653. The first kappa shape index (κ1) is 22.3. The molecule has 0 spiro atoms. The molecule has 1 aromatic heterocycles. The van der Waals surface area contributed by atoms with Crippen LogP contribution in [0.5, 0.6) is 0 Å². The van der Waals surface area contributed by atoms with Gasteiger partial charge in [-0.3, -0.25) is 0 Å². The van der Waals surface area contributed by atoms with E-state index in [1.54, 1.807) is 6.07 Å². The Hall–Kier alpha value is -2.35. The van der Waals surface area contributed by atoms with Crippen LogP contribution >= 0.6 is 0 Å². The van der Waals surface area contributed by atoms with Crippen LogP contribution in [-0.2, 0) is 12.6 Å². The number of nitrogens with zero attached hydrogens (tertiary/aromatic N) is 3. The van der Waals surface area contributed by atoms with Crippen LogP contribution in [0.4, 0.5) is 30.6 Å². The molecule has 30 heavy (non-hydrogen) atoms. The van der Waals surface area contributed by atoms with Crippen molar-refractivity contribution in [2.45, 2.75) is 58.2 Å². The third-order valence-electron chi connectivity index (χ3n) is 5.50. The minimum Gasteiger partial charge on any atom is -0.355 e. The molecule has 1 aliphatic heterocycles. The van der Waals surface area contributed by atoms with Gasteiger partial charge in [0, 0.05) is 36.6 Å². The molecule has 0 bridgehead atoms. The van der Waals surface area contributed by atoms with E-state index >= 15 is 0 Å². The molecule has 1 atom stereocenters. The Morgan fingerprint density at radius 1 is 1.20 bits per heavy atom. The molecule has 0 aliphatic carbocycles. The van der Waals surface area contributed by atoms with Gasteiger partial charge in [0.15, 0.2) is 0 Å². The van der Waals surface area contributed by atoms with Crippen molar-refractivity contribution in [3.63, 3.8) is 0 Å². The largest absolute Gasteiger partial charge is 0.416 e. The van der Waals surface area contributed by atoms with Gasteiger partial charge in [-0.05, 0) is 57.4 Å². The standard InChI is InChI=1S/C22H30F3N5/c1-4-5-7-16-13-20(30-11-6-8-18(14-30)26-3)29-21(27-16)28-17-10-9-15(2)19(12-17)22(23,24)25/h9-10,12-13,18,26H,4-8,11,14H2,1-3H3,(H,27,28,29)/t18-/m1/s1. The topological polar surface area (TPSA) is 53.1 Å². The monoisotopic (exact) mass is 421 g/mol. The SMILES string of the molecule is CCCCc1cc(N2CCC[C@@H](NC)C2)nc(Nc2ccc(C)c(C(F)(F)F)c2)n1. The summed E-state index contributed by atoms with van der Waals surface area (Å²) in [4.78, 5) is 11.4. The molecule has 1 fully saturated rings. The van der Waals surface area contributed by atoms with E-state index in [4.69, 9.17) is 0 Å². The molecule has 3 rings (SSSR count). The zero-order valence-corrected chi connectivity index (χ0v) is 17.8. The molecule has 0 amide bonds. The summed E-state index contributed by atoms with van der Waals surface area (Å²) in [6.07, 6.45) is 0.641. The van der Waals surface area contributed by atoms with Crippen molar-refractivity contribution >= 4 is 17.5 Å². The number of nitrogens with one attached hydrogen (secondary N) is 2. The molecule has 0 saturated carbocycles. The van der Waals surface area contributed by atoms with Crippen molar-refractivity contribution in [1.82, 2.24) is 15.3 Å². The molecule has 5 nitrogen and oxygen atoms in total. The number of hydrogen-bond acceptors (Lipinski definition) is 5.